The van der Waals surface area contributed by atoms with Gasteiger partial charge in [-0.1, -0.05) is 49.7 Å². The lowest BCUT2D eigenvalue weighted by Crippen LogP contribution is -2.35. The number of hydrogen-bond donors (Lipinski definition) is 2. The van der Waals surface area contributed by atoms with Crippen LogP contribution in [-0.4, -0.2) is 34.7 Å². The predicted molar refractivity (Wildman–Crippen MR) is 114 cm³/mol. The Bertz CT molecular complexity index is 999. The monoisotopic (exact) mass is 410 g/mol. The van der Waals surface area contributed by atoms with Gasteiger partial charge in [-0.05, 0) is 36.2 Å². The molecule has 0 aliphatic heterocycles. The average molecular weight is 411 g/mol. The van der Waals surface area contributed by atoms with Crippen LogP contribution in [0.4, 0.5) is 0 Å². The molecule has 2 amide bonds. The van der Waals surface area contributed by atoms with Crippen molar-refractivity contribution in [3.63, 3.8) is 0 Å². The van der Waals surface area contributed by atoms with Crippen molar-refractivity contribution in [2.75, 3.05) is 13.1 Å². The second kappa shape index (κ2) is 9.39. The van der Waals surface area contributed by atoms with Crippen LogP contribution in [-0.2, 0) is 0 Å². The number of halogens is 1. The molecule has 1 heterocycles. The van der Waals surface area contributed by atoms with E-state index in [1.54, 1.807) is 35.1 Å². The molecule has 0 atom stereocenters. The van der Waals surface area contributed by atoms with Crippen LogP contribution in [0.3, 0.4) is 0 Å². The third kappa shape index (κ3) is 5.03. The Morgan fingerprint density at radius 1 is 1.00 bits per heavy atom. The van der Waals surface area contributed by atoms with Crippen molar-refractivity contribution in [2.45, 2.75) is 19.8 Å². The second-order valence-electron chi connectivity index (χ2n) is 6.87. The van der Waals surface area contributed by atoms with Crippen molar-refractivity contribution in [3.8, 4) is 5.69 Å². The first-order chi connectivity index (χ1) is 14.0. The maximum atomic E-state index is 12.7. The normalized spacial score (nSPS) is 10.8. The van der Waals surface area contributed by atoms with Crippen LogP contribution in [0.15, 0.2) is 60.8 Å². The van der Waals surface area contributed by atoms with Crippen LogP contribution in [0.1, 0.15) is 46.2 Å². The molecule has 3 aromatic rings. The van der Waals surface area contributed by atoms with Gasteiger partial charge in [0.1, 0.15) is 0 Å². The highest BCUT2D eigenvalue weighted by Crippen LogP contribution is 2.24. The number of amides is 2. The van der Waals surface area contributed by atoms with E-state index < -0.39 is 0 Å². The number of rotatable bonds is 7. The van der Waals surface area contributed by atoms with Gasteiger partial charge in [-0.25, -0.2) is 4.68 Å². The van der Waals surface area contributed by atoms with E-state index in [4.69, 9.17) is 11.6 Å². The number of nitrogens with one attached hydrogen (secondary N) is 2. The van der Waals surface area contributed by atoms with Gasteiger partial charge < -0.3 is 10.6 Å². The van der Waals surface area contributed by atoms with E-state index >= 15 is 0 Å². The quantitative estimate of drug-likeness (QED) is 0.581. The molecule has 2 aromatic carbocycles. The van der Waals surface area contributed by atoms with Gasteiger partial charge in [-0.15, -0.1) is 0 Å². The van der Waals surface area contributed by atoms with Gasteiger partial charge in [0.2, 0.25) is 0 Å². The molecule has 1 aromatic heterocycles. The summed E-state index contributed by atoms with van der Waals surface area (Å²) in [5.41, 5.74) is 2.70. The summed E-state index contributed by atoms with van der Waals surface area (Å²) in [6.07, 6.45) is 1.56. The van der Waals surface area contributed by atoms with E-state index in [9.17, 15) is 9.59 Å². The van der Waals surface area contributed by atoms with Crippen molar-refractivity contribution in [2.24, 2.45) is 0 Å². The lowest BCUT2D eigenvalue weighted by Gasteiger charge is -2.13. The van der Waals surface area contributed by atoms with Gasteiger partial charge in [0.05, 0.1) is 23.1 Å². The fraction of sp³-hybridized carbons (Fsp3) is 0.227. The molecule has 6 nitrogen and oxygen atoms in total. The average Bonchev–Trinajstić information content (AvgIpc) is 3.17. The largest absolute Gasteiger partial charge is 0.350 e. The Kier molecular flexibility index (Phi) is 6.67. The van der Waals surface area contributed by atoms with E-state index in [-0.39, 0.29) is 17.7 Å². The van der Waals surface area contributed by atoms with Crippen molar-refractivity contribution in [1.29, 1.82) is 0 Å². The van der Waals surface area contributed by atoms with Gasteiger partial charge in [-0.2, -0.15) is 5.10 Å². The molecule has 7 heteroatoms. The van der Waals surface area contributed by atoms with Crippen molar-refractivity contribution < 1.29 is 9.59 Å². The molecule has 0 saturated carbocycles. The van der Waals surface area contributed by atoms with Crippen LogP contribution in [0.5, 0.6) is 0 Å². The minimum Gasteiger partial charge on any atom is -0.350 e. The Morgan fingerprint density at radius 2 is 1.69 bits per heavy atom. The zero-order valence-corrected chi connectivity index (χ0v) is 17.1. The predicted octanol–water partition coefficient (Wildman–Crippen LogP) is 3.81. The maximum absolute atomic E-state index is 12.7. The molecule has 0 saturated heterocycles. The van der Waals surface area contributed by atoms with Gasteiger partial charge in [-0.3, -0.25) is 9.59 Å². The molecule has 0 radical (unpaired) electrons. The summed E-state index contributed by atoms with van der Waals surface area (Å²) in [7, 11) is 0. The molecule has 0 spiro atoms. The molecule has 0 aliphatic rings. The van der Waals surface area contributed by atoms with Crippen LogP contribution in [0.25, 0.3) is 5.69 Å². The number of carbonyl (C=O) groups is 2. The summed E-state index contributed by atoms with van der Waals surface area (Å²) in [4.78, 5) is 24.7. The van der Waals surface area contributed by atoms with Crippen molar-refractivity contribution in [3.05, 3.63) is 82.6 Å². The molecular weight excluding hydrogens is 388 g/mol. The zero-order valence-electron chi connectivity index (χ0n) is 16.4. The smallest absolute Gasteiger partial charge is 0.254 e. The Hall–Kier alpha value is -3.12. The first kappa shape index (κ1) is 20.6. The lowest BCUT2D eigenvalue weighted by atomic mass is 10.1. The summed E-state index contributed by atoms with van der Waals surface area (Å²) < 4.78 is 1.74. The van der Waals surface area contributed by atoms with Gasteiger partial charge >= 0.3 is 0 Å². The molecular formula is C22H23ClN4O2. The highest BCUT2D eigenvalue weighted by molar-refractivity contribution is 6.30. The lowest BCUT2D eigenvalue weighted by molar-refractivity contribution is 0.0927. The fourth-order valence-corrected chi connectivity index (χ4v) is 3.23. The Labute approximate surface area is 174 Å². The SMILES string of the molecule is CC(C)c1c(C(=O)NCCNC(=O)c2ccccc2)cnn1-c1cccc(Cl)c1. The highest BCUT2D eigenvalue weighted by Gasteiger charge is 2.20. The van der Waals surface area contributed by atoms with E-state index in [0.29, 0.717) is 29.2 Å². The van der Waals surface area contributed by atoms with Crippen LogP contribution in [0, 0.1) is 0 Å². The zero-order chi connectivity index (χ0) is 20.8. The summed E-state index contributed by atoms with van der Waals surface area (Å²) in [5.74, 6) is -0.317. The van der Waals surface area contributed by atoms with E-state index in [1.165, 1.54) is 0 Å². The van der Waals surface area contributed by atoms with E-state index in [1.807, 2.05) is 44.2 Å². The molecule has 29 heavy (non-hydrogen) atoms. The number of hydrogen-bond acceptors (Lipinski definition) is 3. The molecule has 3 rings (SSSR count). The van der Waals surface area contributed by atoms with Gasteiger partial charge in [0, 0.05) is 23.7 Å². The summed E-state index contributed by atoms with van der Waals surface area (Å²) >= 11 is 6.10. The minimum absolute atomic E-state index is 0.0787. The Balaban J connectivity index is 1.64. The van der Waals surface area contributed by atoms with Crippen LogP contribution in [0.2, 0.25) is 5.02 Å². The molecule has 150 valence electrons. The number of carbonyl (C=O) groups excluding carboxylic acids is 2. The summed E-state index contributed by atoms with van der Waals surface area (Å²) in [6, 6.07) is 16.3. The minimum atomic E-state index is -0.226. The topological polar surface area (TPSA) is 76.0 Å². The third-order valence-electron chi connectivity index (χ3n) is 4.38. The van der Waals surface area contributed by atoms with Crippen molar-refractivity contribution in [1.82, 2.24) is 20.4 Å². The molecule has 0 unspecified atom stereocenters. The maximum Gasteiger partial charge on any atom is 0.254 e. The van der Waals surface area contributed by atoms with E-state index in [2.05, 4.69) is 15.7 Å². The summed E-state index contributed by atoms with van der Waals surface area (Å²) in [5, 5.41) is 10.6. The molecule has 2 N–H and O–H groups in total. The second-order valence-corrected chi connectivity index (χ2v) is 7.30. The number of benzene rings is 2. The fourth-order valence-electron chi connectivity index (χ4n) is 3.04. The van der Waals surface area contributed by atoms with E-state index in [0.717, 1.165) is 11.4 Å². The first-order valence-electron chi connectivity index (χ1n) is 9.42. The Morgan fingerprint density at radius 3 is 2.34 bits per heavy atom. The van der Waals surface area contributed by atoms with Gasteiger partial charge in [0.25, 0.3) is 11.8 Å². The third-order valence-corrected chi connectivity index (χ3v) is 4.62. The first-order valence-corrected chi connectivity index (χ1v) is 9.80. The number of aromatic nitrogens is 2. The summed E-state index contributed by atoms with van der Waals surface area (Å²) in [6.45, 7) is 4.67. The van der Waals surface area contributed by atoms with Crippen LogP contribution >= 0.6 is 11.6 Å². The van der Waals surface area contributed by atoms with Gasteiger partial charge in [0.15, 0.2) is 0 Å². The molecule has 0 fully saturated rings. The molecule has 0 bridgehead atoms. The highest BCUT2D eigenvalue weighted by atomic mass is 35.5. The van der Waals surface area contributed by atoms with Crippen molar-refractivity contribution >= 4 is 23.4 Å². The van der Waals surface area contributed by atoms with Crippen LogP contribution < -0.4 is 10.6 Å². The standard InChI is InChI=1S/C22H23ClN4O2/c1-15(2)20-19(14-26-27(20)18-10-6-9-17(23)13-18)22(29)25-12-11-24-21(28)16-7-4-3-5-8-16/h3-10,13-15H,11-12H2,1-2H3,(H,24,28)(H,25,29). The molecule has 0 aliphatic carbocycles. The number of nitrogens with zero attached hydrogens (tertiary/aromatic N) is 2.